The van der Waals surface area contributed by atoms with Crippen LogP contribution in [0.15, 0.2) is 53.6 Å². The molecule has 0 saturated heterocycles. The SMILES string of the molecule is CCCCC1=C(/C=C/C(=O)OC(C)(C)C)CCC(c2ccccc2)C1. The van der Waals surface area contributed by atoms with Crippen LogP contribution in [0.3, 0.4) is 0 Å². The van der Waals surface area contributed by atoms with E-state index < -0.39 is 5.60 Å². The van der Waals surface area contributed by atoms with Gasteiger partial charge in [0.2, 0.25) is 0 Å². The van der Waals surface area contributed by atoms with E-state index in [1.807, 2.05) is 26.8 Å². The van der Waals surface area contributed by atoms with Crippen LogP contribution in [-0.4, -0.2) is 11.6 Å². The quantitative estimate of drug-likeness (QED) is 0.446. The Hall–Kier alpha value is -1.83. The monoisotopic (exact) mass is 340 g/mol. The van der Waals surface area contributed by atoms with Gasteiger partial charge in [0.05, 0.1) is 0 Å². The lowest BCUT2D eigenvalue weighted by atomic mass is 9.78. The molecule has 1 aliphatic rings. The molecule has 1 aromatic carbocycles. The highest BCUT2D eigenvalue weighted by atomic mass is 16.6. The van der Waals surface area contributed by atoms with Crippen LogP contribution in [-0.2, 0) is 9.53 Å². The van der Waals surface area contributed by atoms with E-state index in [1.165, 1.54) is 29.6 Å². The van der Waals surface area contributed by atoms with Crippen molar-refractivity contribution >= 4 is 5.97 Å². The molecule has 1 unspecified atom stereocenters. The molecule has 2 rings (SSSR count). The fourth-order valence-electron chi connectivity index (χ4n) is 3.41. The number of rotatable bonds is 6. The van der Waals surface area contributed by atoms with Crippen LogP contribution in [0, 0.1) is 0 Å². The number of carbonyl (C=O) groups excluding carboxylic acids is 1. The lowest BCUT2D eigenvalue weighted by molar-refractivity contribution is -0.148. The molecular weight excluding hydrogens is 308 g/mol. The second-order valence-corrected chi connectivity index (χ2v) is 7.95. The maximum absolute atomic E-state index is 12.0. The van der Waals surface area contributed by atoms with E-state index in [-0.39, 0.29) is 5.97 Å². The number of allylic oxidation sites excluding steroid dienone is 3. The molecule has 1 aromatic rings. The summed E-state index contributed by atoms with van der Waals surface area (Å²) in [5.74, 6) is 0.353. The number of hydrogen-bond acceptors (Lipinski definition) is 2. The van der Waals surface area contributed by atoms with Crippen molar-refractivity contribution in [2.45, 2.75) is 77.7 Å². The Morgan fingerprint density at radius 3 is 2.60 bits per heavy atom. The third-order valence-corrected chi connectivity index (χ3v) is 4.64. The predicted molar refractivity (Wildman–Crippen MR) is 105 cm³/mol. The van der Waals surface area contributed by atoms with Crippen molar-refractivity contribution in [1.82, 2.24) is 0 Å². The molecule has 0 saturated carbocycles. The van der Waals surface area contributed by atoms with Gasteiger partial charge in [-0.25, -0.2) is 4.79 Å². The molecule has 0 spiro atoms. The number of hydrogen-bond donors (Lipinski definition) is 0. The molecule has 1 aliphatic carbocycles. The van der Waals surface area contributed by atoms with E-state index in [2.05, 4.69) is 37.3 Å². The van der Waals surface area contributed by atoms with E-state index in [1.54, 1.807) is 6.08 Å². The smallest absolute Gasteiger partial charge is 0.331 e. The van der Waals surface area contributed by atoms with Gasteiger partial charge >= 0.3 is 5.97 Å². The minimum Gasteiger partial charge on any atom is -0.457 e. The second-order valence-electron chi connectivity index (χ2n) is 7.95. The average molecular weight is 341 g/mol. The van der Waals surface area contributed by atoms with Crippen LogP contribution in [0.5, 0.6) is 0 Å². The van der Waals surface area contributed by atoms with Crippen molar-refractivity contribution < 1.29 is 9.53 Å². The van der Waals surface area contributed by atoms with Crippen molar-refractivity contribution in [3.8, 4) is 0 Å². The molecule has 0 radical (unpaired) electrons. The van der Waals surface area contributed by atoms with E-state index in [4.69, 9.17) is 4.74 Å². The Labute approximate surface area is 153 Å². The number of unbranched alkanes of at least 4 members (excludes halogenated alkanes) is 1. The number of benzene rings is 1. The van der Waals surface area contributed by atoms with Gasteiger partial charge in [-0.3, -0.25) is 0 Å². The molecule has 1 atom stereocenters. The van der Waals surface area contributed by atoms with E-state index in [0.29, 0.717) is 5.92 Å². The highest BCUT2D eigenvalue weighted by Crippen LogP contribution is 2.38. The Kier molecular flexibility index (Phi) is 7.04. The summed E-state index contributed by atoms with van der Waals surface area (Å²) in [6.45, 7) is 7.93. The summed E-state index contributed by atoms with van der Waals surface area (Å²) >= 11 is 0. The zero-order valence-electron chi connectivity index (χ0n) is 16.2. The van der Waals surface area contributed by atoms with E-state index >= 15 is 0 Å². The summed E-state index contributed by atoms with van der Waals surface area (Å²) in [5.41, 5.74) is 3.85. The van der Waals surface area contributed by atoms with E-state index in [0.717, 1.165) is 25.7 Å². The maximum atomic E-state index is 12.0. The van der Waals surface area contributed by atoms with Gasteiger partial charge in [0.1, 0.15) is 5.60 Å². The average Bonchev–Trinajstić information content (AvgIpc) is 2.57. The highest BCUT2D eigenvalue weighted by molar-refractivity contribution is 5.82. The van der Waals surface area contributed by atoms with Gasteiger partial charge < -0.3 is 4.74 Å². The fraction of sp³-hybridized carbons (Fsp3) is 0.522. The molecule has 2 nitrogen and oxygen atoms in total. The second kappa shape index (κ2) is 9.03. The van der Waals surface area contributed by atoms with Crippen molar-refractivity contribution in [2.75, 3.05) is 0 Å². The Balaban J connectivity index is 2.12. The van der Waals surface area contributed by atoms with Crippen LogP contribution in [0.4, 0.5) is 0 Å². The van der Waals surface area contributed by atoms with Crippen LogP contribution in [0.25, 0.3) is 0 Å². The molecule has 25 heavy (non-hydrogen) atoms. The van der Waals surface area contributed by atoms with Crippen LogP contribution in [0.1, 0.15) is 77.7 Å². The first-order valence-corrected chi connectivity index (χ1v) is 9.56. The zero-order valence-corrected chi connectivity index (χ0v) is 16.2. The van der Waals surface area contributed by atoms with Gasteiger partial charge in [0.25, 0.3) is 0 Å². The summed E-state index contributed by atoms with van der Waals surface area (Å²) in [4.78, 5) is 12.0. The van der Waals surface area contributed by atoms with Crippen LogP contribution in [0.2, 0.25) is 0 Å². The van der Waals surface area contributed by atoms with Gasteiger partial charge in [0, 0.05) is 6.08 Å². The minimum atomic E-state index is -0.439. The largest absolute Gasteiger partial charge is 0.457 e. The van der Waals surface area contributed by atoms with Gasteiger partial charge in [-0.2, -0.15) is 0 Å². The molecule has 0 aliphatic heterocycles. The molecule has 0 heterocycles. The lowest BCUT2D eigenvalue weighted by Gasteiger charge is -2.27. The first-order chi connectivity index (χ1) is 11.9. The lowest BCUT2D eigenvalue weighted by Crippen LogP contribution is -2.22. The fourth-order valence-corrected chi connectivity index (χ4v) is 3.41. The van der Waals surface area contributed by atoms with Gasteiger partial charge in [-0.1, -0.05) is 55.3 Å². The predicted octanol–water partition coefficient (Wildman–Crippen LogP) is 6.34. The standard InChI is InChI=1S/C23H32O2/c1-5-6-10-20-17-21(18-11-8-7-9-12-18)14-13-19(20)15-16-22(24)25-23(2,3)4/h7-9,11-12,15-16,21H,5-6,10,13-14,17H2,1-4H3/b16-15+. The summed E-state index contributed by atoms with van der Waals surface area (Å²) in [7, 11) is 0. The van der Waals surface area contributed by atoms with E-state index in [9.17, 15) is 4.79 Å². The topological polar surface area (TPSA) is 26.3 Å². The Bertz CT molecular complexity index is 617. The highest BCUT2D eigenvalue weighted by Gasteiger charge is 2.21. The minimum absolute atomic E-state index is 0.250. The van der Waals surface area contributed by atoms with Crippen LogP contribution < -0.4 is 0 Å². The normalized spacial score (nSPS) is 18.6. The summed E-state index contributed by atoms with van der Waals surface area (Å²) in [6, 6.07) is 10.8. The van der Waals surface area contributed by atoms with Crippen LogP contribution >= 0.6 is 0 Å². The van der Waals surface area contributed by atoms with Crippen molar-refractivity contribution in [3.05, 3.63) is 59.2 Å². The zero-order chi connectivity index (χ0) is 18.3. The molecule has 136 valence electrons. The Morgan fingerprint density at radius 1 is 1.24 bits per heavy atom. The number of ether oxygens (including phenoxy) is 1. The Morgan fingerprint density at radius 2 is 1.96 bits per heavy atom. The van der Waals surface area contributed by atoms with Gasteiger partial charge in [-0.15, -0.1) is 0 Å². The molecule has 0 fully saturated rings. The third kappa shape index (κ3) is 6.53. The van der Waals surface area contributed by atoms with Crippen molar-refractivity contribution in [3.63, 3.8) is 0 Å². The first-order valence-electron chi connectivity index (χ1n) is 9.56. The van der Waals surface area contributed by atoms with Crippen molar-refractivity contribution in [2.24, 2.45) is 0 Å². The first kappa shape index (κ1) is 19.5. The molecule has 0 bridgehead atoms. The molecule has 0 amide bonds. The summed E-state index contributed by atoms with van der Waals surface area (Å²) in [6.07, 6.45) is 10.4. The summed E-state index contributed by atoms with van der Waals surface area (Å²) in [5, 5.41) is 0. The molecule has 0 aromatic heterocycles. The number of esters is 1. The molecule has 2 heteroatoms. The molecule has 0 N–H and O–H groups in total. The van der Waals surface area contributed by atoms with Gasteiger partial charge in [-0.05, 0) is 69.9 Å². The number of carbonyl (C=O) groups is 1. The maximum Gasteiger partial charge on any atom is 0.331 e. The summed E-state index contributed by atoms with van der Waals surface area (Å²) < 4.78 is 5.39. The van der Waals surface area contributed by atoms with Gasteiger partial charge in [0.15, 0.2) is 0 Å². The third-order valence-electron chi connectivity index (χ3n) is 4.64. The van der Waals surface area contributed by atoms with Crippen molar-refractivity contribution in [1.29, 1.82) is 0 Å². The molecular formula is C23H32O2.